The number of phenolic OH excluding ortho intramolecular Hbond substituents is 3. The molecule has 2 aromatic carbocycles. The Kier molecular flexibility index (Phi) is 5.14. The van der Waals surface area contributed by atoms with E-state index in [9.17, 15) is 35.0 Å². The fourth-order valence-corrected chi connectivity index (χ4v) is 3.13. The van der Waals surface area contributed by atoms with Crippen LogP contribution in [0.5, 0.6) is 17.2 Å². The van der Waals surface area contributed by atoms with Crippen LogP contribution < -0.4 is 5.19 Å². The molecule has 0 bridgehead atoms. The van der Waals surface area contributed by atoms with E-state index in [1.807, 2.05) is 0 Å². The summed E-state index contributed by atoms with van der Waals surface area (Å²) in [5.74, 6) is -3.20. The van der Waals surface area contributed by atoms with Gasteiger partial charge in [0.15, 0.2) is 21.3 Å². The first-order valence-electron chi connectivity index (χ1n) is 7.33. The zero-order valence-electron chi connectivity index (χ0n) is 13.5. The van der Waals surface area contributed by atoms with Gasteiger partial charge in [0.2, 0.25) is 5.75 Å². The average molecular weight is 367 g/mol. The number of ether oxygens (including phenoxy) is 1. The molecule has 0 fully saturated rings. The highest BCUT2D eigenvalue weighted by molar-refractivity contribution is 6.52. The highest BCUT2D eigenvalue weighted by Crippen LogP contribution is 2.41. The first-order chi connectivity index (χ1) is 11.7. The van der Waals surface area contributed by atoms with Gasteiger partial charge in [-0.3, -0.25) is 14.9 Å². The summed E-state index contributed by atoms with van der Waals surface area (Å²) in [6.45, 7) is 2.86. The minimum Gasteiger partial charge on any atom is -0.504 e. The molecule has 0 amide bonds. The summed E-state index contributed by atoms with van der Waals surface area (Å²) in [7, 11) is -1.99. The lowest BCUT2D eigenvalue weighted by Crippen LogP contribution is -2.16. The number of esters is 1. The smallest absolute Gasteiger partial charge is 0.308 e. The Balaban J connectivity index is 2.69. The maximum atomic E-state index is 11.6. The van der Waals surface area contributed by atoms with Gasteiger partial charge in [-0.2, -0.15) is 0 Å². The highest BCUT2D eigenvalue weighted by atomic mass is 28.2. The normalized spacial score (nSPS) is 11.5. The number of rotatable bonds is 5. The van der Waals surface area contributed by atoms with Gasteiger partial charge in [-0.1, -0.05) is 13.8 Å². The van der Waals surface area contributed by atoms with Crippen molar-refractivity contribution in [2.45, 2.75) is 20.5 Å². The minimum absolute atomic E-state index is 0.0247. The summed E-state index contributed by atoms with van der Waals surface area (Å²) in [5, 5.41) is 41.0. The molecule has 0 aliphatic rings. The molecular formula is C15H17NO8Si. The van der Waals surface area contributed by atoms with Crippen LogP contribution in [0, 0.1) is 16.0 Å². The minimum atomic E-state index is -1.99. The van der Waals surface area contributed by atoms with Crippen molar-refractivity contribution in [3.05, 3.63) is 27.8 Å². The van der Waals surface area contributed by atoms with E-state index in [1.165, 1.54) is 6.07 Å². The Bertz CT molecular complexity index is 865. The van der Waals surface area contributed by atoms with Gasteiger partial charge in [0.1, 0.15) is 6.61 Å². The standard InChI is InChI=1S/C15H17NO8Si/c1-6(2)15(20)24-5-7-3-9-8(4-10(7)16(21)22)11(17)12(18)13(19)14(9)25-23/h3-4,6,17-19,23H,5,25H2,1-2H3. The lowest BCUT2D eigenvalue weighted by molar-refractivity contribution is -0.385. The predicted octanol–water partition coefficient (Wildman–Crippen LogP) is 0.265. The van der Waals surface area contributed by atoms with Gasteiger partial charge in [0.05, 0.1) is 16.4 Å². The summed E-state index contributed by atoms with van der Waals surface area (Å²) < 4.78 is 5.02. The lowest BCUT2D eigenvalue weighted by atomic mass is 10.0. The van der Waals surface area contributed by atoms with Crippen molar-refractivity contribution < 1.29 is 34.6 Å². The summed E-state index contributed by atoms with van der Waals surface area (Å²) >= 11 is 0. The van der Waals surface area contributed by atoms with Crippen LogP contribution in [0.4, 0.5) is 5.69 Å². The number of benzene rings is 2. The van der Waals surface area contributed by atoms with E-state index in [4.69, 9.17) is 4.74 Å². The van der Waals surface area contributed by atoms with Crippen LogP contribution in [0.25, 0.3) is 10.8 Å². The number of aromatic hydroxyl groups is 3. The summed E-state index contributed by atoms with van der Waals surface area (Å²) in [6.07, 6.45) is 0. The lowest BCUT2D eigenvalue weighted by Gasteiger charge is -2.13. The Labute approximate surface area is 144 Å². The Morgan fingerprint density at radius 3 is 2.36 bits per heavy atom. The second-order valence-electron chi connectivity index (χ2n) is 5.73. The molecule has 0 atom stereocenters. The molecule has 134 valence electrons. The fraction of sp³-hybridized carbons (Fsp3) is 0.267. The molecule has 2 rings (SSSR count). The van der Waals surface area contributed by atoms with Gasteiger partial charge in [0.25, 0.3) is 5.69 Å². The number of nitro groups is 1. The molecule has 0 saturated carbocycles. The Morgan fingerprint density at radius 1 is 1.20 bits per heavy atom. The van der Waals surface area contributed by atoms with Gasteiger partial charge >= 0.3 is 5.97 Å². The van der Waals surface area contributed by atoms with Crippen LogP contribution in [0.3, 0.4) is 0 Å². The third-order valence-corrected chi connectivity index (χ3v) is 4.76. The van der Waals surface area contributed by atoms with E-state index in [-0.39, 0.29) is 28.1 Å². The Morgan fingerprint density at radius 2 is 1.84 bits per heavy atom. The zero-order valence-corrected chi connectivity index (χ0v) is 14.9. The molecule has 10 heteroatoms. The molecule has 9 nitrogen and oxygen atoms in total. The van der Waals surface area contributed by atoms with Crippen molar-refractivity contribution in [1.29, 1.82) is 0 Å². The number of phenols is 3. The zero-order chi connectivity index (χ0) is 18.9. The molecular weight excluding hydrogens is 350 g/mol. The number of carbonyl (C=O) groups is 1. The number of carbonyl (C=O) groups excluding carboxylic acids is 1. The monoisotopic (exact) mass is 367 g/mol. The van der Waals surface area contributed by atoms with Crippen molar-refractivity contribution in [2.75, 3.05) is 0 Å². The van der Waals surface area contributed by atoms with Crippen molar-refractivity contribution in [3.63, 3.8) is 0 Å². The van der Waals surface area contributed by atoms with E-state index in [0.717, 1.165) is 6.07 Å². The largest absolute Gasteiger partial charge is 0.504 e. The van der Waals surface area contributed by atoms with E-state index in [1.54, 1.807) is 13.8 Å². The van der Waals surface area contributed by atoms with Crippen LogP contribution in [-0.4, -0.2) is 40.8 Å². The second-order valence-corrected chi connectivity index (χ2v) is 6.75. The van der Waals surface area contributed by atoms with Gasteiger partial charge in [-0.15, -0.1) is 0 Å². The predicted molar refractivity (Wildman–Crippen MR) is 90.6 cm³/mol. The molecule has 0 heterocycles. The molecule has 0 spiro atoms. The number of hydrogen-bond donors (Lipinski definition) is 4. The van der Waals surface area contributed by atoms with Crippen LogP contribution in [0.2, 0.25) is 0 Å². The van der Waals surface area contributed by atoms with E-state index in [2.05, 4.69) is 0 Å². The molecule has 0 aromatic heterocycles. The van der Waals surface area contributed by atoms with E-state index < -0.39 is 49.5 Å². The average Bonchev–Trinajstić information content (AvgIpc) is 2.57. The van der Waals surface area contributed by atoms with Crippen LogP contribution in [-0.2, 0) is 16.1 Å². The van der Waals surface area contributed by atoms with Crippen LogP contribution in [0.15, 0.2) is 12.1 Å². The molecule has 4 N–H and O–H groups in total. The van der Waals surface area contributed by atoms with Crippen LogP contribution in [0.1, 0.15) is 19.4 Å². The summed E-state index contributed by atoms with van der Waals surface area (Å²) in [6, 6.07) is 2.27. The second kappa shape index (κ2) is 6.95. The number of fused-ring (bicyclic) bond motifs is 1. The fourth-order valence-electron chi connectivity index (χ4n) is 2.35. The maximum absolute atomic E-state index is 11.6. The van der Waals surface area contributed by atoms with Crippen molar-refractivity contribution >= 4 is 37.4 Å². The number of nitrogens with zero attached hydrogens (tertiary/aromatic N) is 1. The van der Waals surface area contributed by atoms with Gasteiger partial charge < -0.3 is 24.9 Å². The third kappa shape index (κ3) is 3.34. The van der Waals surface area contributed by atoms with Gasteiger partial charge in [-0.25, -0.2) is 0 Å². The molecule has 25 heavy (non-hydrogen) atoms. The molecule has 0 unspecified atom stereocenters. The highest BCUT2D eigenvalue weighted by Gasteiger charge is 2.24. The first kappa shape index (κ1) is 18.5. The van der Waals surface area contributed by atoms with Crippen LogP contribution >= 0.6 is 0 Å². The van der Waals surface area contributed by atoms with Crippen molar-refractivity contribution in [2.24, 2.45) is 5.92 Å². The number of hydrogen-bond acceptors (Lipinski definition) is 8. The van der Waals surface area contributed by atoms with E-state index in [0.29, 0.717) is 0 Å². The van der Waals surface area contributed by atoms with Gasteiger partial charge in [-0.05, 0) is 11.5 Å². The van der Waals surface area contributed by atoms with Gasteiger partial charge in [0, 0.05) is 16.6 Å². The molecule has 0 aliphatic heterocycles. The van der Waals surface area contributed by atoms with E-state index >= 15 is 0 Å². The summed E-state index contributed by atoms with van der Waals surface area (Å²) in [5.41, 5.74) is -0.380. The topological polar surface area (TPSA) is 150 Å². The SMILES string of the molecule is CC(C)C(=O)OCc1cc2c([SiH2]O)c(O)c(O)c(O)c2cc1[N+](=O)[O-]. The molecule has 2 aromatic rings. The quantitative estimate of drug-likeness (QED) is 0.193. The molecule has 0 aliphatic carbocycles. The van der Waals surface area contributed by atoms with Crippen molar-refractivity contribution in [1.82, 2.24) is 0 Å². The third-order valence-electron chi connectivity index (χ3n) is 3.73. The first-order valence-corrected chi connectivity index (χ1v) is 8.67. The Hall–Kier alpha value is -2.85. The number of nitro benzene ring substituents is 1. The summed E-state index contributed by atoms with van der Waals surface area (Å²) in [4.78, 5) is 31.7. The maximum Gasteiger partial charge on any atom is 0.308 e. The van der Waals surface area contributed by atoms with Crippen molar-refractivity contribution in [3.8, 4) is 17.2 Å². The molecule has 0 saturated heterocycles. The molecule has 0 radical (unpaired) electrons.